The highest BCUT2D eigenvalue weighted by molar-refractivity contribution is 9.11. The fourth-order valence-corrected chi connectivity index (χ4v) is 1.96. The van der Waals surface area contributed by atoms with Crippen molar-refractivity contribution < 1.29 is 9.53 Å². The second kappa shape index (κ2) is 4.77. The fourth-order valence-electron chi connectivity index (χ4n) is 1.64. The normalized spacial score (nSPS) is 23.1. The van der Waals surface area contributed by atoms with Gasteiger partial charge < -0.3 is 4.74 Å². The largest absolute Gasteiger partial charge is 0.468 e. The van der Waals surface area contributed by atoms with Crippen LogP contribution in [0.25, 0.3) is 0 Å². The number of hydrogen-bond acceptors (Lipinski definition) is 3. The van der Waals surface area contributed by atoms with Crippen LogP contribution in [-0.2, 0) is 9.53 Å². The van der Waals surface area contributed by atoms with E-state index >= 15 is 0 Å². The molecule has 3 nitrogen and oxygen atoms in total. The van der Waals surface area contributed by atoms with Crippen LogP contribution in [0.4, 0.5) is 0 Å². The van der Waals surface area contributed by atoms with Crippen molar-refractivity contribution in [2.45, 2.75) is 18.9 Å². The molecule has 4 heteroatoms. The van der Waals surface area contributed by atoms with Gasteiger partial charge in [-0.15, -0.1) is 0 Å². The minimum atomic E-state index is -0.133. The number of likely N-dealkylation sites (tertiary alicyclic amines) is 1. The molecular formula is C9H14BrNO2. The van der Waals surface area contributed by atoms with Gasteiger partial charge in [0.1, 0.15) is 6.04 Å². The van der Waals surface area contributed by atoms with Gasteiger partial charge in [-0.2, -0.15) is 0 Å². The van der Waals surface area contributed by atoms with E-state index in [0.717, 1.165) is 30.4 Å². The van der Waals surface area contributed by atoms with Gasteiger partial charge in [0, 0.05) is 11.0 Å². The maximum Gasteiger partial charge on any atom is 0.323 e. The number of methoxy groups -OCH3 is 1. The smallest absolute Gasteiger partial charge is 0.323 e. The molecule has 0 radical (unpaired) electrons. The molecule has 0 aliphatic carbocycles. The molecule has 1 fully saturated rings. The zero-order chi connectivity index (χ0) is 9.84. The molecule has 1 atom stereocenters. The Labute approximate surface area is 86.9 Å². The summed E-state index contributed by atoms with van der Waals surface area (Å²) in [4.78, 5) is 13.4. The second-order valence-corrected chi connectivity index (χ2v) is 4.29. The van der Waals surface area contributed by atoms with Gasteiger partial charge >= 0.3 is 5.97 Å². The average Bonchev–Trinajstić information content (AvgIpc) is 2.50. The third-order valence-corrected chi connectivity index (χ3v) is 2.46. The highest BCUT2D eigenvalue weighted by Gasteiger charge is 2.31. The molecule has 0 N–H and O–H groups in total. The molecule has 1 rings (SSSR count). The van der Waals surface area contributed by atoms with Crippen molar-refractivity contribution in [1.29, 1.82) is 0 Å². The molecule has 0 amide bonds. The minimum absolute atomic E-state index is 0.0701. The lowest BCUT2D eigenvalue weighted by molar-refractivity contribution is -0.145. The summed E-state index contributed by atoms with van der Waals surface area (Å²) in [6.07, 6.45) is 1.95. The van der Waals surface area contributed by atoms with Crippen molar-refractivity contribution in [3.63, 3.8) is 0 Å². The number of esters is 1. The molecule has 74 valence electrons. The summed E-state index contributed by atoms with van der Waals surface area (Å²) in [7, 11) is 1.43. The van der Waals surface area contributed by atoms with Crippen LogP contribution in [0.15, 0.2) is 11.1 Å². The van der Waals surface area contributed by atoms with Gasteiger partial charge in [0.2, 0.25) is 0 Å². The van der Waals surface area contributed by atoms with Gasteiger partial charge in [0.05, 0.1) is 7.11 Å². The van der Waals surface area contributed by atoms with E-state index in [1.165, 1.54) is 7.11 Å². The summed E-state index contributed by atoms with van der Waals surface area (Å²) < 4.78 is 5.63. The molecule has 0 aromatic heterocycles. The van der Waals surface area contributed by atoms with Crippen molar-refractivity contribution in [3.05, 3.63) is 11.1 Å². The van der Waals surface area contributed by atoms with Gasteiger partial charge in [-0.25, -0.2) is 0 Å². The Kier molecular flexibility index (Phi) is 3.93. The molecule has 0 bridgehead atoms. The van der Waals surface area contributed by atoms with E-state index in [1.807, 2.05) is 0 Å². The molecule has 1 unspecified atom stereocenters. The Hall–Kier alpha value is -0.350. The SMILES string of the molecule is C=C(Br)CN1CCCC1C(=O)OC. The molecule has 13 heavy (non-hydrogen) atoms. The second-order valence-electron chi connectivity index (χ2n) is 3.17. The first-order valence-electron chi connectivity index (χ1n) is 4.30. The van der Waals surface area contributed by atoms with Crippen molar-refractivity contribution in [1.82, 2.24) is 4.90 Å². The van der Waals surface area contributed by atoms with Gasteiger partial charge in [-0.1, -0.05) is 22.5 Å². The molecule has 1 heterocycles. The molecule has 1 aliphatic heterocycles. The van der Waals surface area contributed by atoms with Crippen LogP contribution in [0, 0.1) is 0 Å². The van der Waals surface area contributed by atoms with E-state index in [2.05, 4.69) is 27.4 Å². The van der Waals surface area contributed by atoms with Crippen LogP contribution in [0.1, 0.15) is 12.8 Å². The Morgan fingerprint density at radius 3 is 3.00 bits per heavy atom. The molecule has 0 spiro atoms. The number of rotatable bonds is 3. The molecule has 1 aliphatic rings. The molecule has 0 aromatic carbocycles. The summed E-state index contributed by atoms with van der Waals surface area (Å²) in [6, 6.07) is -0.0701. The first-order valence-corrected chi connectivity index (χ1v) is 5.09. The first-order chi connectivity index (χ1) is 6.15. The Morgan fingerprint density at radius 1 is 1.77 bits per heavy atom. The van der Waals surface area contributed by atoms with Crippen molar-refractivity contribution in [2.24, 2.45) is 0 Å². The number of carbonyl (C=O) groups is 1. The van der Waals surface area contributed by atoms with Crippen LogP contribution in [0.5, 0.6) is 0 Å². The molecule has 0 saturated carbocycles. The van der Waals surface area contributed by atoms with E-state index in [4.69, 9.17) is 4.74 Å². The monoisotopic (exact) mass is 247 g/mol. The molecular weight excluding hydrogens is 234 g/mol. The van der Waals surface area contributed by atoms with E-state index in [1.54, 1.807) is 0 Å². The van der Waals surface area contributed by atoms with Crippen molar-refractivity contribution >= 4 is 21.9 Å². The lowest BCUT2D eigenvalue weighted by atomic mass is 10.2. The number of hydrogen-bond donors (Lipinski definition) is 0. The van der Waals surface area contributed by atoms with E-state index in [9.17, 15) is 4.79 Å². The maximum absolute atomic E-state index is 11.3. The topological polar surface area (TPSA) is 29.5 Å². The third-order valence-electron chi connectivity index (χ3n) is 2.21. The van der Waals surface area contributed by atoms with Gasteiger partial charge in [0.15, 0.2) is 0 Å². The van der Waals surface area contributed by atoms with Crippen LogP contribution < -0.4 is 0 Å². The third kappa shape index (κ3) is 2.81. The van der Waals surface area contributed by atoms with Crippen LogP contribution in [0.3, 0.4) is 0 Å². The summed E-state index contributed by atoms with van der Waals surface area (Å²) in [5.41, 5.74) is 0. The summed E-state index contributed by atoms with van der Waals surface area (Å²) in [6.45, 7) is 5.43. The number of ether oxygens (including phenoxy) is 1. The highest BCUT2D eigenvalue weighted by Crippen LogP contribution is 2.20. The summed E-state index contributed by atoms with van der Waals surface area (Å²) in [5, 5.41) is 0. The standard InChI is InChI=1S/C9H14BrNO2/c1-7(10)6-11-5-3-4-8(11)9(12)13-2/h8H,1,3-6H2,2H3. The molecule has 1 saturated heterocycles. The minimum Gasteiger partial charge on any atom is -0.468 e. The lowest BCUT2D eigenvalue weighted by Crippen LogP contribution is -2.37. The molecule has 0 aromatic rings. The fraction of sp³-hybridized carbons (Fsp3) is 0.667. The predicted octanol–water partition coefficient (Wildman–Crippen LogP) is 1.53. The van der Waals surface area contributed by atoms with Crippen LogP contribution in [-0.4, -0.2) is 37.1 Å². The van der Waals surface area contributed by atoms with Crippen molar-refractivity contribution in [2.75, 3.05) is 20.2 Å². The average molecular weight is 248 g/mol. The van der Waals surface area contributed by atoms with E-state index in [0.29, 0.717) is 0 Å². The predicted molar refractivity (Wildman–Crippen MR) is 54.7 cm³/mol. The lowest BCUT2D eigenvalue weighted by Gasteiger charge is -2.21. The zero-order valence-electron chi connectivity index (χ0n) is 7.75. The highest BCUT2D eigenvalue weighted by atomic mass is 79.9. The number of carbonyl (C=O) groups excluding carboxylic acids is 1. The van der Waals surface area contributed by atoms with Gasteiger partial charge in [0.25, 0.3) is 0 Å². The van der Waals surface area contributed by atoms with E-state index in [-0.39, 0.29) is 12.0 Å². The van der Waals surface area contributed by atoms with Gasteiger partial charge in [-0.3, -0.25) is 9.69 Å². The van der Waals surface area contributed by atoms with Crippen LogP contribution >= 0.6 is 15.9 Å². The Balaban J connectivity index is 2.53. The maximum atomic E-state index is 11.3. The summed E-state index contributed by atoms with van der Waals surface area (Å²) in [5.74, 6) is -0.133. The number of halogens is 1. The quantitative estimate of drug-likeness (QED) is 0.709. The summed E-state index contributed by atoms with van der Waals surface area (Å²) >= 11 is 3.29. The van der Waals surface area contributed by atoms with Crippen LogP contribution in [0.2, 0.25) is 0 Å². The van der Waals surface area contributed by atoms with Crippen molar-refractivity contribution in [3.8, 4) is 0 Å². The first kappa shape index (κ1) is 10.7. The van der Waals surface area contributed by atoms with Gasteiger partial charge in [-0.05, 0) is 19.4 Å². The Bertz CT molecular complexity index is 218. The zero-order valence-corrected chi connectivity index (χ0v) is 9.34. The Morgan fingerprint density at radius 2 is 2.46 bits per heavy atom. The van der Waals surface area contributed by atoms with E-state index < -0.39 is 0 Å². The number of nitrogens with zero attached hydrogens (tertiary/aromatic N) is 1.